The fourth-order valence-electron chi connectivity index (χ4n) is 3.97. The van der Waals surface area contributed by atoms with Crippen LogP contribution in [0.4, 0.5) is 17.2 Å². The molecule has 2 aromatic carbocycles. The van der Waals surface area contributed by atoms with Gasteiger partial charge in [-0.05, 0) is 49.2 Å². The van der Waals surface area contributed by atoms with Crippen LogP contribution < -0.4 is 19.9 Å². The van der Waals surface area contributed by atoms with E-state index in [1.165, 1.54) is 28.6 Å². The summed E-state index contributed by atoms with van der Waals surface area (Å²) in [4.78, 5) is 26.4. The Morgan fingerprint density at radius 2 is 1.82 bits per heavy atom. The normalized spacial score (nSPS) is 13.6. The minimum Gasteiger partial charge on any atom is -0.495 e. The molecule has 0 unspecified atom stereocenters. The molecule has 1 N–H and O–H groups in total. The zero-order valence-corrected chi connectivity index (χ0v) is 21.1. The Labute approximate surface area is 209 Å². The molecule has 7 nitrogen and oxygen atoms in total. The molecule has 4 rings (SSSR count). The van der Waals surface area contributed by atoms with E-state index in [0.717, 1.165) is 37.0 Å². The van der Waals surface area contributed by atoms with Gasteiger partial charge in [-0.2, -0.15) is 0 Å². The smallest absolute Gasteiger partial charge is 0.234 e. The standard InChI is InChI=1S/C25H28ClN5O2S/c1-17-5-4-6-21(18(17)2)30-11-13-31(14-12-30)24-25(28-10-9-27-24)34-16-23(32)29-20-15-19(26)7-8-22(20)33-3/h4-10,15H,11-14,16H2,1-3H3,(H,29,32). The topological polar surface area (TPSA) is 70.6 Å². The zero-order valence-electron chi connectivity index (χ0n) is 19.5. The maximum Gasteiger partial charge on any atom is 0.234 e. The number of amides is 1. The first kappa shape index (κ1) is 24.2. The van der Waals surface area contributed by atoms with Gasteiger partial charge >= 0.3 is 0 Å². The summed E-state index contributed by atoms with van der Waals surface area (Å²) >= 11 is 7.44. The molecule has 1 aliphatic heterocycles. The molecule has 1 aromatic heterocycles. The van der Waals surface area contributed by atoms with E-state index in [4.69, 9.17) is 16.3 Å². The van der Waals surface area contributed by atoms with Gasteiger partial charge in [-0.3, -0.25) is 4.79 Å². The zero-order chi connectivity index (χ0) is 24.1. The van der Waals surface area contributed by atoms with Crippen molar-refractivity contribution in [2.24, 2.45) is 0 Å². The number of piperazine rings is 1. The highest BCUT2D eigenvalue weighted by Crippen LogP contribution is 2.30. The molecule has 1 aliphatic rings. The molecule has 2 heterocycles. The monoisotopic (exact) mass is 497 g/mol. The van der Waals surface area contributed by atoms with Gasteiger partial charge in [0.2, 0.25) is 5.91 Å². The summed E-state index contributed by atoms with van der Waals surface area (Å²) in [6.45, 7) is 7.81. The van der Waals surface area contributed by atoms with Gasteiger partial charge in [0.15, 0.2) is 5.82 Å². The van der Waals surface area contributed by atoms with Gasteiger partial charge in [0.1, 0.15) is 10.8 Å². The lowest BCUT2D eigenvalue weighted by molar-refractivity contribution is -0.113. The Bertz CT molecular complexity index is 1170. The Morgan fingerprint density at radius 3 is 2.59 bits per heavy atom. The number of nitrogens with one attached hydrogen (secondary N) is 1. The largest absolute Gasteiger partial charge is 0.495 e. The van der Waals surface area contributed by atoms with Crippen molar-refractivity contribution in [3.63, 3.8) is 0 Å². The maximum atomic E-state index is 12.6. The number of carbonyl (C=O) groups is 1. The number of benzene rings is 2. The summed E-state index contributed by atoms with van der Waals surface area (Å²) in [5, 5.41) is 4.14. The SMILES string of the molecule is COc1ccc(Cl)cc1NC(=O)CSc1nccnc1N1CCN(c2cccc(C)c2C)CC1. The second kappa shape index (κ2) is 11.0. The van der Waals surface area contributed by atoms with Gasteiger partial charge in [0.25, 0.3) is 0 Å². The number of halogens is 1. The van der Waals surface area contributed by atoms with Crippen LogP contribution in [-0.2, 0) is 4.79 Å². The minimum absolute atomic E-state index is 0.165. The molecule has 1 amide bonds. The number of anilines is 3. The van der Waals surface area contributed by atoms with Crippen molar-refractivity contribution in [3.8, 4) is 5.75 Å². The van der Waals surface area contributed by atoms with Crippen LogP contribution in [0.5, 0.6) is 5.75 Å². The number of ether oxygens (including phenoxy) is 1. The van der Waals surface area contributed by atoms with Crippen molar-refractivity contribution >= 4 is 46.5 Å². The molecular weight excluding hydrogens is 470 g/mol. The Hall–Kier alpha value is -2.97. The van der Waals surface area contributed by atoms with Crippen LogP contribution in [0.3, 0.4) is 0 Å². The highest BCUT2D eigenvalue weighted by Gasteiger charge is 2.22. The molecule has 9 heteroatoms. The lowest BCUT2D eigenvalue weighted by Gasteiger charge is -2.37. The molecule has 0 aliphatic carbocycles. The van der Waals surface area contributed by atoms with Crippen LogP contribution in [0, 0.1) is 13.8 Å². The number of nitrogens with zero attached hydrogens (tertiary/aromatic N) is 4. The van der Waals surface area contributed by atoms with Gasteiger partial charge in [-0.15, -0.1) is 0 Å². The average Bonchev–Trinajstić information content (AvgIpc) is 2.85. The van der Waals surface area contributed by atoms with E-state index in [2.05, 4.69) is 57.1 Å². The molecule has 0 bridgehead atoms. The molecule has 1 saturated heterocycles. The van der Waals surface area contributed by atoms with Crippen LogP contribution in [-0.4, -0.2) is 54.9 Å². The highest BCUT2D eigenvalue weighted by atomic mass is 35.5. The van der Waals surface area contributed by atoms with Crippen LogP contribution in [0.1, 0.15) is 11.1 Å². The number of methoxy groups -OCH3 is 1. The van der Waals surface area contributed by atoms with Crippen molar-refractivity contribution in [1.82, 2.24) is 9.97 Å². The summed E-state index contributed by atoms with van der Waals surface area (Å²) in [5.74, 6) is 1.41. The first-order chi connectivity index (χ1) is 16.5. The third-order valence-corrected chi connectivity index (χ3v) is 7.12. The number of aromatic nitrogens is 2. The summed E-state index contributed by atoms with van der Waals surface area (Å²) < 4.78 is 5.30. The van der Waals surface area contributed by atoms with Gasteiger partial charge in [-0.25, -0.2) is 9.97 Å². The van der Waals surface area contributed by atoms with Crippen molar-refractivity contribution < 1.29 is 9.53 Å². The van der Waals surface area contributed by atoms with E-state index in [0.29, 0.717) is 16.5 Å². The van der Waals surface area contributed by atoms with Gasteiger partial charge in [0, 0.05) is 49.3 Å². The van der Waals surface area contributed by atoms with Crippen molar-refractivity contribution in [1.29, 1.82) is 0 Å². The van der Waals surface area contributed by atoms with Gasteiger partial charge in [0.05, 0.1) is 18.6 Å². The number of aryl methyl sites for hydroxylation is 1. The molecule has 3 aromatic rings. The van der Waals surface area contributed by atoms with Crippen LogP contribution in [0.25, 0.3) is 0 Å². The van der Waals surface area contributed by atoms with Crippen LogP contribution in [0.2, 0.25) is 5.02 Å². The van der Waals surface area contributed by atoms with Gasteiger partial charge < -0.3 is 19.9 Å². The number of hydrogen-bond acceptors (Lipinski definition) is 7. The summed E-state index contributed by atoms with van der Waals surface area (Å²) in [7, 11) is 1.56. The quantitative estimate of drug-likeness (QED) is 0.469. The fraction of sp³-hybridized carbons (Fsp3) is 0.320. The van der Waals surface area contributed by atoms with Crippen molar-refractivity contribution in [3.05, 3.63) is 64.9 Å². The number of rotatable bonds is 7. The summed E-state index contributed by atoms with van der Waals surface area (Å²) in [5.41, 5.74) is 4.47. The Balaban J connectivity index is 1.38. The molecule has 178 valence electrons. The first-order valence-corrected chi connectivity index (χ1v) is 12.5. The number of thioether (sulfide) groups is 1. The maximum absolute atomic E-state index is 12.6. The third-order valence-electron chi connectivity index (χ3n) is 5.92. The van der Waals surface area contributed by atoms with Crippen molar-refractivity contribution in [2.75, 3.05) is 54.2 Å². The fourth-order valence-corrected chi connectivity index (χ4v) is 4.93. The minimum atomic E-state index is -0.165. The first-order valence-electron chi connectivity index (χ1n) is 11.1. The molecule has 0 spiro atoms. The second-order valence-electron chi connectivity index (χ2n) is 8.06. The molecule has 0 saturated carbocycles. The lowest BCUT2D eigenvalue weighted by Crippen LogP contribution is -2.47. The van der Waals surface area contributed by atoms with E-state index in [-0.39, 0.29) is 11.7 Å². The number of hydrogen-bond donors (Lipinski definition) is 1. The van der Waals surface area contributed by atoms with E-state index in [1.807, 2.05) is 0 Å². The molecule has 0 atom stereocenters. The summed E-state index contributed by atoms with van der Waals surface area (Å²) in [6, 6.07) is 11.6. The number of carbonyl (C=O) groups excluding carboxylic acids is 1. The predicted octanol–water partition coefficient (Wildman–Crippen LogP) is 4.81. The highest BCUT2D eigenvalue weighted by molar-refractivity contribution is 8.00. The van der Waals surface area contributed by atoms with E-state index in [1.54, 1.807) is 37.7 Å². The molecule has 0 radical (unpaired) electrons. The van der Waals surface area contributed by atoms with Crippen molar-refractivity contribution in [2.45, 2.75) is 18.9 Å². The Kier molecular flexibility index (Phi) is 7.80. The van der Waals surface area contributed by atoms with E-state index in [9.17, 15) is 4.79 Å². The molecular formula is C25H28ClN5O2S. The molecule has 1 fully saturated rings. The van der Waals surface area contributed by atoms with E-state index < -0.39 is 0 Å². The predicted molar refractivity (Wildman–Crippen MR) is 140 cm³/mol. The Morgan fingerprint density at radius 1 is 1.09 bits per heavy atom. The average molecular weight is 498 g/mol. The van der Waals surface area contributed by atoms with E-state index >= 15 is 0 Å². The van der Waals surface area contributed by atoms with Gasteiger partial charge in [-0.1, -0.05) is 35.5 Å². The lowest BCUT2D eigenvalue weighted by atomic mass is 10.1. The van der Waals surface area contributed by atoms with Crippen LogP contribution >= 0.6 is 23.4 Å². The summed E-state index contributed by atoms with van der Waals surface area (Å²) in [6.07, 6.45) is 3.36. The molecule has 34 heavy (non-hydrogen) atoms. The van der Waals surface area contributed by atoms with Crippen LogP contribution in [0.15, 0.2) is 53.8 Å². The third kappa shape index (κ3) is 5.56. The second-order valence-corrected chi connectivity index (χ2v) is 9.46.